The Bertz CT molecular complexity index is 1480. The van der Waals surface area contributed by atoms with E-state index in [0.29, 0.717) is 5.03 Å². The highest BCUT2D eigenvalue weighted by atomic mass is 35.5. The summed E-state index contributed by atoms with van der Waals surface area (Å²) in [6.07, 6.45) is 10.4. The molecule has 1 N–H and O–H groups in total. The molecule has 1 atom stereocenters. The van der Waals surface area contributed by atoms with Crippen LogP contribution in [0.5, 0.6) is 0 Å². The largest absolute Gasteiger partial charge is 0.354 e. The third kappa shape index (κ3) is 3.28. The van der Waals surface area contributed by atoms with Gasteiger partial charge in [0, 0.05) is 32.4 Å². The Labute approximate surface area is 197 Å². The Hall–Kier alpha value is -3.20. The third-order valence-corrected chi connectivity index (χ3v) is 6.76. The van der Waals surface area contributed by atoms with E-state index in [-0.39, 0.29) is 6.04 Å². The average molecular weight is 457 g/mol. The van der Waals surface area contributed by atoms with Gasteiger partial charge in [0.15, 0.2) is 0 Å². The SMILES string of the molecule is C=C/C(Cl)=C(\C=C)Nc1cccc2c1ccc1c2c2ccccc2n1C1CC=CC=C1Cl. The zero-order valence-electron chi connectivity index (χ0n) is 17.5. The molecule has 0 saturated heterocycles. The maximum Gasteiger partial charge on any atom is 0.0732 e. The van der Waals surface area contributed by atoms with Crippen LogP contribution in [-0.2, 0) is 0 Å². The molecule has 0 bridgehead atoms. The molecule has 1 unspecified atom stereocenters. The molecule has 1 aliphatic rings. The zero-order chi connectivity index (χ0) is 22.2. The molecule has 1 aliphatic carbocycles. The van der Waals surface area contributed by atoms with Crippen molar-refractivity contribution in [1.29, 1.82) is 0 Å². The molecule has 0 spiro atoms. The first kappa shape index (κ1) is 20.7. The molecule has 32 heavy (non-hydrogen) atoms. The zero-order valence-corrected chi connectivity index (χ0v) is 19.0. The van der Waals surface area contributed by atoms with Gasteiger partial charge in [0.25, 0.3) is 0 Å². The van der Waals surface area contributed by atoms with E-state index in [2.05, 4.69) is 83.7 Å². The Morgan fingerprint density at radius 1 is 0.938 bits per heavy atom. The molecule has 4 heteroatoms. The number of nitrogens with zero attached hydrogens (tertiary/aromatic N) is 1. The van der Waals surface area contributed by atoms with Crippen molar-refractivity contribution in [1.82, 2.24) is 4.57 Å². The van der Waals surface area contributed by atoms with Crippen molar-refractivity contribution in [3.8, 4) is 0 Å². The smallest absolute Gasteiger partial charge is 0.0732 e. The van der Waals surface area contributed by atoms with Gasteiger partial charge >= 0.3 is 0 Å². The Morgan fingerprint density at radius 2 is 1.75 bits per heavy atom. The van der Waals surface area contributed by atoms with E-state index in [1.807, 2.05) is 12.2 Å². The quantitative estimate of drug-likeness (QED) is 0.296. The minimum absolute atomic E-state index is 0.0875. The highest BCUT2D eigenvalue weighted by Crippen LogP contribution is 2.42. The molecule has 1 heterocycles. The highest BCUT2D eigenvalue weighted by Gasteiger charge is 2.22. The molecule has 3 aromatic carbocycles. The number of rotatable bonds is 5. The normalized spacial score (nSPS) is 16.8. The Morgan fingerprint density at radius 3 is 2.53 bits per heavy atom. The van der Waals surface area contributed by atoms with Crippen LogP contribution in [0.3, 0.4) is 0 Å². The van der Waals surface area contributed by atoms with Crippen LogP contribution in [0.25, 0.3) is 32.6 Å². The molecule has 5 rings (SSSR count). The number of halogens is 2. The lowest BCUT2D eigenvalue weighted by atomic mass is 10.0. The summed E-state index contributed by atoms with van der Waals surface area (Å²) in [5.74, 6) is 0. The number of para-hydroxylation sites is 1. The van der Waals surface area contributed by atoms with Gasteiger partial charge in [-0.1, -0.05) is 84.9 Å². The number of hydrogen-bond donors (Lipinski definition) is 1. The molecule has 0 fully saturated rings. The number of hydrogen-bond acceptors (Lipinski definition) is 1. The number of nitrogens with one attached hydrogen (secondary N) is 1. The van der Waals surface area contributed by atoms with Gasteiger partial charge in [-0.05, 0) is 48.2 Å². The first-order valence-corrected chi connectivity index (χ1v) is 11.3. The fourth-order valence-corrected chi connectivity index (χ4v) is 4.97. The molecular weight excluding hydrogens is 435 g/mol. The van der Waals surface area contributed by atoms with E-state index >= 15 is 0 Å². The van der Waals surface area contributed by atoms with Gasteiger partial charge in [-0.2, -0.15) is 0 Å². The molecule has 4 aromatic rings. The molecule has 0 radical (unpaired) electrons. The van der Waals surface area contributed by atoms with Crippen molar-refractivity contribution in [3.63, 3.8) is 0 Å². The third-order valence-electron chi connectivity index (χ3n) is 6.02. The van der Waals surface area contributed by atoms with Crippen molar-refractivity contribution < 1.29 is 0 Å². The fourth-order valence-electron chi connectivity index (χ4n) is 4.58. The van der Waals surface area contributed by atoms with Crippen LogP contribution in [0.1, 0.15) is 12.5 Å². The maximum atomic E-state index is 6.68. The average Bonchev–Trinajstić information content (AvgIpc) is 3.17. The minimum Gasteiger partial charge on any atom is -0.354 e. The summed E-state index contributed by atoms with van der Waals surface area (Å²) in [4.78, 5) is 0. The lowest BCUT2D eigenvalue weighted by molar-refractivity contribution is 0.636. The van der Waals surface area contributed by atoms with E-state index in [1.54, 1.807) is 12.2 Å². The molecule has 158 valence electrons. The van der Waals surface area contributed by atoms with Crippen LogP contribution in [-0.4, -0.2) is 4.57 Å². The van der Waals surface area contributed by atoms with Crippen molar-refractivity contribution >= 4 is 61.5 Å². The van der Waals surface area contributed by atoms with E-state index in [9.17, 15) is 0 Å². The predicted molar refractivity (Wildman–Crippen MR) is 141 cm³/mol. The number of aromatic nitrogens is 1. The second kappa shape index (κ2) is 8.38. The second-order valence-corrected chi connectivity index (χ2v) is 8.62. The topological polar surface area (TPSA) is 17.0 Å². The summed E-state index contributed by atoms with van der Waals surface area (Å²) >= 11 is 13.0. The van der Waals surface area contributed by atoms with Gasteiger partial charge in [-0.25, -0.2) is 0 Å². The first-order valence-electron chi connectivity index (χ1n) is 10.5. The van der Waals surface area contributed by atoms with Gasteiger partial charge in [0.2, 0.25) is 0 Å². The van der Waals surface area contributed by atoms with Crippen molar-refractivity contribution in [2.75, 3.05) is 5.32 Å². The van der Waals surface area contributed by atoms with Crippen LogP contribution < -0.4 is 5.32 Å². The van der Waals surface area contributed by atoms with E-state index in [0.717, 1.165) is 28.2 Å². The van der Waals surface area contributed by atoms with E-state index < -0.39 is 0 Å². The first-order chi connectivity index (χ1) is 15.6. The molecule has 0 amide bonds. The van der Waals surface area contributed by atoms with Gasteiger partial charge < -0.3 is 9.88 Å². The fraction of sp³-hybridized carbons (Fsp3) is 0.0714. The number of allylic oxidation sites excluding steroid dienone is 7. The molecule has 0 aliphatic heterocycles. The summed E-state index contributed by atoms with van der Waals surface area (Å²) < 4.78 is 2.37. The van der Waals surface area contributed by atoms with Crippen LogP contribution in [0.4, 0.5) is 5.69 Å². The van der Waals surface area contributed by atoms with Crippen LogP contribution >= 0.6 is 23.2 Å². The molecular formula is C28H22Cl2N2. The lowest BCUT2D eigenvalue weighted by Crippen LogP contribution is -2.10. The van der Waals surface area contributed by atoms with Crippen molar-refractivity contribution in [2.24, 2.45) is 0 Å². The number of fused-ring (bicyclic) bond motifs is 5. The summed E-state index contributed by atoms with van der Waals surface area (Å²) in [6, 6.07) is 19.3. The van der Waals surface area contributed by atoms with Gasteiger partial charge in [0.1, 0.15) is 0 Å². The second-order valence-electron chi connectivity index (χ2n) is 7.77. The minimum atomic E-state index is 0.0875. The highest BCUT2D eigenvalue weighted by molar-refractivity contribution is 6.32. The Balaban J connectivity index is 1.81. The van der Waals surface area contributed by atoms with Crippen molar-refractivity contribution in [3.05, 3.63) is 114 Å². The van der Waals surface area contributed by atoms with Crippen LogP contribution in [0, 0.1) is 0 Å². The van der Waals surface area contributed by atoms with Crippen LogP contribution in [0.2, 0.25) is 0 Å². The number of anilines is 1. The van der Waals surface area contributed by atoms with Crippen molar-refractivity contribution in [2.45, 2.75) is 12.5 Å². The van der Waals surface area contributed by atoms with Crippen LogP contribution in [0.15, 0.2) is 114 Å². The summed E-state index contributed by atoms with van der Waals surface area (Å²) in [6.45, 7) is 7.64. The lowest BCUT2D eigenvalue weighted by Gasteiger charge is -2.21. The number of benzene rings is 3. The van der Waals surface area contributed by atoms with E-state index in [1.165, 1.54) is 27.2 Å². The summed E-state index contributed by atoms with van der Waals surface area (Å²) in [5, 5.41) is 9.53. The molecule has 0 saturated carbocycles. The standard InChI is InChI=1S/C28H22Cl2N2/c1-3-21(29)23(4-2)31-24-13-9-11-19-18(24)16-17-27-28(19)20-10-5-7-14-25(20)32(27)26-15-8-6-12-22(26)30/h3-14,16-17,26,31H,1-2,15H2/b23-21-. The monoisotopic (exact) mass is 456 g/mol. The van der Waals surface area contributed by atoms with E-state index in [4.69, 9.17) is 23.2 Å². The van der Waals surface area contributed by atoms with Gasteiger partial charge in [-0.3, -0.25) is 0 Å². The van der Waals surface area contributed by atoms with Gasteiger partial charge in [0.05, 0.1) is 22.3 Å². The summed E-state index contributed by atoms with van der Waals surface area (Å²) in [7, 11) is 0. The molecule has 1 aromatic heterocycles. The van der Waals surface area contributed by atoms with Gasteiger partial charge in [-0.15, -0.1) is 0 Å². The molecule has 2 nitrogen and oxygen atoms in total. The summed E-state index contributed by atoms with van der Waals surface area (Å²) in [5.41, 5.74) is 4.05. The predicted octanol–water partition coefficient (Wildman–Crippen LogP) is 8.81. The maximum absolute atomic E-state index is 6.68. The Kier molecular flexibility index (Phi) is 5.42.